The molecule has 34 heavy (non-hydrogen) atoms. The molecule has 0 fully saturated rings. The molecule has 4 aromatic rings. The Morgan fingerprint density at radius 2 is 1.91 bits per heavy atom. The first-order valence-corrected chi connectivity index (χ1v) is 11.0. The maximum absolute atomic E-state index is 13.0. The number of nitro benzene ring substituents is 1. The lowest BCUT2D eigenvalue weighted by molar-refractivity contribution is -0.385. The van der Waals surface area contributed by atoms with Gasteiger partial charge in [-0.25, -0.2) is 9.78 Å². The summed E-state index contributed by atoms with van der Waals surface area (Å²) in [4.78, 5) is 43.8. The van der Waals surface area contributed by atoms with Gasteiger partial charge in [-0.05, 0) is 19.4 Å². The van der Waals surface area contributed by atoms with Crippen LogP contribution in [0.1, 0.15) is 30.9 Å². The van der Waals surface area contributed by atoms with Crippen LogP contribution in [0.15, 0.2) is 52.1 Å². The Bertz CT molecular complexity index is 1500. The van der Waals surface area contributed by atoms with Crippen molar-refractivity contribution in [1.29, 1.82) is 0 Å². The number of nitrogens with one attached hydrogen (secondary N) is 1. The van der Waals surface area contributed by atoms with Crippen molar-refractivity contribution in [3.8, 4) is 17.1 Å². The van der Waals surface area contributed by atoms with Crippen molar-refractivity contribution in [3.05, 3.63) is 84.5 Å². The molecule has 0 bridgehead atoms. The van der Waals surface area contributed by atoms with Gasteiger partial charge in [0.15, 0.2) is 11.2 Å². The first-order chi connectivity index (χ1) is 16.3. The lowest BCUT2D eigenvalue weighted by Crippen LogP contribution is -2.31. The molecular formula is C24H25N5O5. The lowest BCUT2D eigenvalue weighted by Gasteiger charge is -2.12. The van der Waals surface area contributed by atoms with Gasteiger partial charge < -0.3 is 9.30 Å². The van der Waals surface area contributed by atoms with Crippen molar-refractivity contribution in [3.63, 3.8) is 0 Å². The Hall–Kier alpha value is -4.21. The fraction of sp³-hybridized carbons (Fsp3) is 0.292. The molecular weight excluding hydrogens is 438 g/mol. The summed E-state index contributed by atoms with van der Waals surface area (Å²) in [7, 11) is 1.56. The van der Waals surface area contributed by atoms with Crippen LogP contribution in [0.5, 0.6) is 5.75 Å². The molecule has 1 N–H and O–H groups in total. The highest BCUT2D eigenvalue weighted by Crippen LogP contribution is 2.30. The molecule has 2 heterocycles. The monoisotopic (exact) mass is 463 g/mol. The van der Waals surface area contributed by atoms with Crippen molar-refractivity contribution in [2.75, 3.05) is 7.11 Å². The first-order valence-electron chi connectivity index (χ1n) is 11.0. The van der Waals surface area contributed by atoms with E-state index in [9.17, 15) is 19.7 Å². The van der Waals surface area contributed by atoms with Gasteiger partial charge in [-0.2, -0.15) is 0 Å². The molecule has 0 atom stereocenters. The number of fused-ring (bicyclic) bond motifs is 1. The molecule has 0 radical (unpaired) electrons. The van der Waals surface area contributed by atoms with Gasteiger partial charge in [0.2, 0.25) is 0 Å². The first kappa shape index (κ1) is 23.0. The molecule has 0 aliphatic carbocycles. The number of nitro groups is 1. The molecule has 0 aliphatic heterocycles. The van der Waals surface area contributed by atoms with Crippen molar-refractivity contribution >= 4 is 16.9 Å². The number of aromatic amines is 1. The highest BCUT2D eigenvalue weighted by molar-refractivity contribution is 5.78. The number of rotatable bonds is 8. The van der Waals surface area contributed by atoms with Crippen molar-refractivity contribution < 1.29 is 9.66 Å². The van der Waals surface area contributed by atoms with Crippen molar-refractivity contribution in [2.24, 2.45) is 0 Å². The summed E-state index contributed by atoms with van der Waals surface area (Å²) in [5.74, 6) is 0.978. The van der Waals surface area contributed by atoms with Crippen LogP contribution in [0.2, 0.25) is 0 Å². The number of aromatic nitrogens is 4. The number of ether oxygens (including phenoxy) is 1. The van der Waals surface area contributed by atoms with Crippen molar-refractivity contribution in [2.45, 2.75) is 39.8 Å². The summed E-state index contributed by atoms with van der Waals surface area (Å²) in [6, 6.07) is 12.2. The van der Waals surface area contributed by atoms with E-state index in [0.29, 0.717) is 29.2 Å². The molecule has 0 unspecified atom stereocenters. The van der Waals surface area contributed by atoms with E-state index in [1.54, 1.807) is 30.7 Å². The quantitative estimate of drug-likeness (QED) is 0.314. The second-order valence-electron chi connectivity index (χ2n) is 8.03. The van der Waals surface area contributed by atoms with E-state index >= 15 is 0 Å². The smallest absolute Gasteiger partial charge is 0.330 e. The van der Waals surface area contributed by atoms with Crippen LogP contribution in [0.25, 0.3) is 22.6 Å². The van der Waals surface area contributed by atoms with E-state index in [1.165, 1.54) is 10.6 Å². The zero-order valence-corrected chi connectivity index (χ0v) is 19.2. The number of imidazole rings is 1. The Labute approximate surface area is 194 Å². The molecule has 4 rings (SSSR count). The number of hydrogen-bond acceptors (Lipinski definition) is 6. The number of benzene rings is 2. The Kier molecular flexibility index (Phi) is 6.31. The largest absolute Gasteiger partial charge is 0.496 e. The van der Waals surface area contributed by atoms with Crippen LogP contribution >= 0.6 is 0 Å². The summed E-state index contributed by atoms with van der Waals surface area (Å²) in [5.41, 5.74) is 1.09. The van der Waals surface area contributed by atoms with E-state index < -0.39 is 16.2 Å². The number of nitrogens with zero attached hydrogens (tertiary/aromatic N) is 4. The van der Waals surface area contributed by atoms with E-state index in [4.69, 9.17) is 4.74 Å². The van der Waals surface area contributed by atoms with Crippen LogP contribution in [0.3, 0.4) is 0 Å². The van der Waals surface area contributed by atoms with E-state index in [0.717, 1.165) is 18.4 Å². The van der Waals surface area contributed by atoms with Crippen LogP contribution in [0, 0.1) is 17.0 Å². The molecule has 10 heteroatoms. The van der Waals surface area contributed by atoms with E-state index in [1.807, 2.05) is 31.2 Å². The van der Waals surface area contributed by atoms with Crippen molar-refractivity contribution in [1.82, 2.24) is 19.1 Å². The van der Waals surface area contributed by atoms with Gasteiger partial charge in [-0.1, -0.05) is 43.7 Å². The summed E-state index contributed by atoms with van der Waals surface area (Å²) in [6.45, 7) is 4.27. The zero-order valence-electron chi connectivity index (χ0n) is 19.2. The Morgan fingerprint density at radius 3 is 2.62 bits per heavy atom. The van der Waals surface area contributed by atoms with Gasteiger partial charge in [-0.15, -0.1) is 0 Å². The summed E-state index contributed by atoms with van der Waals surface area (Å²) in [6.07, 6.45) is 1.58. The number of hydrogen-bond donors (Lipinski definition) is 1. The average Bonchev–Trinajstić information content (AvgIpc) is 3.19. The average molecular weight is 463 g/mol. The number of para-hydroxylation sites is 1. The molecule has 176 valence electrons. The highest BCUT2D eigenvalue weighted by Gasteiger charge is 2.22. The molecule has 2 aromatic heterocycles. The molecule has 0 aliphatic rings. The van der Waals surface area contributed by atoms with Gasteiger partial charge in [0, 0.05) is 29.3 Å². The molecule has 0 saturated carbocycles. The predicted molar refractivity (Wildman–Crippen MR) is 128 cm³/mol. The maximum atomic E-state index is 13.0. The van der Waals surface area contributed by atoms with Crippen LogP contribution < -0.4 is 16.0 Å². The second-order valence-corrected chi connectivity index (χ2v) is 8.03. The van der Waals surface area contributed by atoms with Gasteiger partial charge in [0.05, 0.1) is 18.6 Å². The summed E-state index contributed by atoms with van der Waals surface area (Å²) >= 11 is 0. The fourth-order valence-electron chi connectivity index (χ4n) is 4.02. The molecule has 0 amide bonds. The van der Waals surface area contributed by atoms with Crippen LogP contribution in [0.4, 0.5) is 5.69 Å². The maximum Gasteiger partial charge on any atom is 0.330 e. The second kappa shape index (κ2) is 9.34. The molecule has 10 nitrogen and oxygen atoms in total. The fourth-order valence-corrected chi connectivity index (χ4v) is 4.02. The topological polar surface area (TPSA) is 125 Å². The minimum absolute atomic E-state index is 0.0503. The third-order valence-electron chi connectivity index (χ3n) is 5.81. The Balaban J connectivity index is 2.04. The minimum atomic E-state index is -0.567. The zero-order chi connectivity index (χ0) is 24.4. The third-order valence-corrected chi connectivity index (χ3v) is 5.81. The highest BCUT2D eigenvalue weighted by atomic mass is 16.6. The minimum Gasteiger partial charge on any atom is -0.496 e. The van der Waals surface area contributed by atoms with Crippen LogP contribution in [-0.2, 0) is 13.1 Å². The number of unbranched alkanes of at least 4 members (excludes halogenated alkanes) is 1. The predicted octanol–water partition coefficient (Wildman–Crippen LogP) is 3.63. The normalized spacial score (nSPS) is 11.1. The molecule has 2 aromatic carbocycles. The number of methoxy groups -OCH3 is 1. The van der Waals surface area contributed by atoms with Crippen LogP contribution in [-0.4, -0.2) is 31.1 Å². The standard InChI is InChI=1S/C24H25N5O5/c1-4-5-12-27-22-20(23(30)26-24(27)31)28(14-17-8-6-7-9-19(17)34-3)21(25-22)16-11-10-15(2)18(13-16)29(32)33/h6-11,13H,4-5,12,14H2,1-3H3,(H,26,30,31). The third kappa shape index (κ3) is 4.09. The summed E-state index contributed by atoms with van der Waals surface area (Å²) < 4.78 is 8.61. The lowest BCUT2D eigenvalue weighted by atomic mass is 10.1. The molecule has 0 spiro atoms. The Morgan fingerprint density at radius 1 is 1.15 bits per heavy atom. The molecule has 0 saturated heterocycles. The van der Waals surface area contributed by atoms with Gasteiger partial charge >= 0.3 is 5.69 Å². The number of aryl methyl sites for hydroxylation is 2. The van der Waals surface area contributed by atoms with E-state index in [-0.39, 0.29) is 23.4 Å². The number of H-pyrrole nitrogens is 1. The van der Waals surface area contributed by atoms with Gasteiger partial charge in [0.1, 0.15) is 11.6 Å². The summed E-state index contributed by atoms with van der Waals surface area (Å²) in [5, 5.41) is 11.6. The van der Waals surface area contributed by atoms with Gasteiger partial charge in [0.25, 0.3) is 11.2 Å². The SMILES string of the molecule is CCCCn1c(=O)[nH]c(=O)c2c1nc(-c1ccc(C)c([N+](=O)[O-])c1)n2Cc1ccccc1OC. The van der Waals surface area contributed by atoms with E-state index in [2.05, 4.69) is 9.97 Å². The van der Waals surface area contributed by atoms with Gasteiger partial charge in [-0.3, -0.25) is 24.5 Å².